The fourth-order valence-corrected chi connectivity index (χ4v) is 2.78. The highest BCUT2D eigenvalue weighted by Gasteiger charge is 2.19. The lowest BCUT2D eigenvalue weighted by atomic mass is 9.98. The molecule has 0 unspecified atom stereocenters. The van der Waals surface area contributed by atoms with E-state index < -0.39 is 11.7 Å². The van der Waals surface area contributed by atoms with Crippen LogP contribution in [0.2, 0.25) is 0 Å². The van der Waals surface area contributed by atoms with Gasteiger partial charge < -0.3 is 5.32 Å². The van der Waals surface area contributed by atoms with Crippen LogP contribution in [0.4, 0.5) is 4.39 Å². The number of carbonyl (C=O) groups is 1. The SMILES string of the molecule is O=C(N[C@H](c1ccccc1)c1ccc(Br)cc1)c1ccccc1F. The van der Waals surface area contributed by atoms with Gasteiger partial charge in [0.05, 0.1) is 11.6 Å². The zero-order chi connectivity index (χ0) is 16.9. The molecule has 0 aliphatic rings. The third-order valence-corrected chi connectivity index (χ3v) is 4.26. The number of nitrogens with one attached hydrogen (secondary N) is 1. The second-order valence-electron chi connectivity index (χ2n) is 5.35. The van der Waals surface area contributed by atoms with E-state index >= 15 is 0 Å². The van der Waals surface area contributed by atoms with Crippen molar-refractivity contribution in [2.45, 2.75) is 6.04 Å². The number of carbonyl (C=O) groups excluding carboxylic acids is 1. The first-order valence-electron chi connectivity index (χ1n) is 7.51. The summed E-state index contributed by atoms with van der Waals surface area (Å²) in [6.45, 7) is 0. The summed E-state index contributed by atoms with van der Waals surface area (Å²) >= 11 is 3.41. The van der Waals surface area contributed by atoms with Gasteiger partial charge in [-0.2, -0.15) is 0 Å². The second-order valence-corrected chi connectivity index (χ2v) is 6.26. The molecule has 1 amide bonds. The van der Waals surface area contributed by atoms with Crippen molar-refractivity contribution in [1.29, 1.82) is 0 Å². The van der Waals surface area contributed by atoms with Crippen LogP contribution < -0.4 is 5.32 Å². The smallest absolute Gasteiger partial charge is 0.255 e. The molecule has 3 rings (SSSR count). The van der Waals surface area contributed by atoms with E-state index in [1.807, 2.05) is 54.6 Å². The van der Waals surface area contributed by atoms with Crippen LogP contribution in [-0.4, -0.2) is 5.91 Å². The van der Waals surface area contributed by atoms with Crippen LogP contribution in [0.1, 0.15) is 27.5 Å². The quantitative estimate of drug-likeness (QED) is 0.666. The van der Waals surface area contributed by atoms with Gasteiger partial charge in [-0.15, -0.1) is 0 Å². The normalized spacial score (nSPS) is 11.8. The van der Waals surface area contributed by atoms with E-state index in [-0.39, 0.29) is 11.6 Å². The summed E-state index contributed by atoms with van der Waals surface area (Å²) in [7, 11) is 0. The van der Waals surface area contributed by atoms with Crippen molar-refractivity contribution < 1.29 is 9.18 Å². The van der Waals surface area contributed by atoms with Crippen LogP contribution in [0, 0.1) is 5.82 Å². The Morgan fingerprint density at radius 1 is 0.833 bits per heavy atom. The molecular formula is C20H15BrFNO. The largest absolute Gasteiger partial charge is 0.341 e. The fraction of sp³-hybridized carbons (Fsp3) is 0.0500. The Balaban J connectivity index is 1.95. The van der Waals surface area contributed by atoms with Crippen molar-refractivity contribution in [3.8, 4) is 0 Å². The number of halogens is 2. The Labute approximate surface area is 148 Å². The molecule has 0 radical (unpaired) electrons. The summed E-state index contributed by atoms with van der Waals surface area (Å²) in [5.74, 6) is -0.970. The second kappa shape index (κ2) is 7.41. The summed E-state index contributed by atoms with van der Waals surface area (Å²) in [6.07, 6.45) is 0. The van der Waals surface area contributed by atoms with Gasteiger partial charge in [0.1, 0.15) is 5.82 Å². The van der Waals surface area contributed by atoms with Crippen molar-refractivity contribution in [1.82, 2.24) is 5.32 Å². The maximum Gasteiger partial charge on any atom is 0.255 e. The van der Waals surface area contributed by atoms with E-state index in [2.05, 4.69) is 21.2 Å². The van der Waals surface area contributed by atoms with E-state index in [0.29, 0.717) is 0 Å². The van der Waals surface area contributed by atoms with Gasteiger partial charge in [0, 0.05) is 4.47 Å². The predicted molar refractivity (Wildman–Crippen MR) is 96.3 cm³/mol. The summed E-state index contributed by atoms with van der Waals surface area (Å²) < 4.78 is 14.8. The molecular weight excluding hydrogens is 369 g/mol. The minimum atomic E-state index is -0.530. The first-order chi connectivity index (χ1) is 11.6. The van der Waals surface area contributed by atoms with Gasteiger partial charge in [-0.3, -0.25) is 4.79 Å². The van der Waals surface area contributed by atoms with Crippen LogP contribution in [0.5, 0.6) is 0 Å². The number of amides is 1. The molecule has 3 aromatic rings. The molecule has 0 fully saturated rings. The van der Waals surface area contributed by atoms with Crippen molar-refractivity contribution in [2.75, 3.05) is 0 Å². The van der Waals surface area contributed by atoms with Crippen molar-refractivity contribution in [3.63, 3.8) is 0 Å². The number of rotatable bonds is 4. The Hall–Kier alpha value is -2.46. The maximum absolute atomic E-state index is 13.9. The molecule has 0 saturated heterocycles. The van der Waals surface area contributed by atoms with Crippen LogP contribution in [-0.2, 0) is 0 Å². The molecule has 2 nitrogen and oxygen atoms in total. The highest BCUT2D eigenvalue weighted by molar-refractivity contribution is 9.10. The molecule has 3 aromatic carbocycles. The highest BCUT2D eigenvalue weighted by Crippen LogP contribution is 2.24. The average Bonchev–Trinajstić information content (AvgIpc) is 2.61. The topological polar surface area (TPSA) is 29.1 Å². The van der Waals surface area contributed by atoms with Crippen molar-refractivity contribution in [2.24, 2.45) is 0 Å². The van der Waals surface area contributed by atoms with E-state index in [4.69, 9.17) is 0 Å². The first-order valence-corrected chi connectivity index (χ1v) is 8.30. The molecule has 1 atom stereocenters. The zero-order valence-electron chi connectivity index (χ0n) is 12.7. The monoisotopic (exact) mass is 383 g/mol. The van der Waals surface area contributed by atoms with E-state index in [9.17, 15) is 9.18 Å². The summed E-state index contributed by atoms with van der Waals surface area (Å²) in [5.41, 5.74) is 1.90. The minimum absolute atomic E-state index is 0.0375. The van der Waals surface area contributed by atoms with Gasteiger partial charge in [0.2, 0.25) is 0 Å². The standard InChI is InChI=1S/C20H15BrFNO/c21-16-12-10-15(11-13-16)19(14-6-2-1-3-7-14)23-20(24)17-8-4-5-9-18(17)22/h1-13,19H,(H,23,24)/t19-/m1/s1. The minimum Gasteiger partial charge on any atom is -0.341 e. The van der Waals surface area contributed by atoms with Gasteiger partial charge >= 0.3 is 0 Å². The van der Waals surface area contributed by atoms with E-state index in [0.717, 1.165) is 15.6 Å². The van der Waals surface area contributed by atoms with Crippen molar-refractivity contribution >= 4 is 21.8 Å². The Kier molecular flexibility index (Phi) is 5.06. The maximum atomic E-state index is 13.9. The molecule has 4 heteroatoms. The molecule has 24 heavy (non-hydrogen) atoms. The van der Waals surface area contributed by atoms with Gasteiger partial charge in [0.25, 0.3) is 5.91 Å². The molecule has 0 bridgehead atoms. The number of benzene rings is 3. The Morgan fingerprint density at radius 3 is 2.08 bits per heavy atom. The molecule has 120 valence electrons. The summed E-state index contributed by atoms with van der Waals surface area (Å²) in [5, 5.41) is 2.93. The lowest BCUT2D eigenvalue weighted by molar-refractivity contribution is 0.0939. The fourth-order valence-electron chi connectivity index (χ4n) is 2.51. The van der Waals surface area contributed by atoms with Crippen LogP contribution in [0.15, 0.2) is 83.3 Å². The number of hydrogen-bond donors (Lipinski definition) is 1. The van der Waals surface area contributed by atoms with Crippen LogP contribution >= 0.6 is 15.9 Å². The predicted octanol–water partition coefficient (Wildman–Crippen LogP) is 5.11. The number of hydrogen-bond acceptors (Lipinski definition) is 1. The zero-order valence-corrected chi connectivity index (χ0v) is 14.3. The van der Waals surface area contributed by atoms with Crippen molar-refractivity contribution in [3.05, 3.63) is 106 Å². The summed E-state index contributed by atoms with van der Waals surface area (Å²) in [4.78, 5) is 12.5. The molecule has 0 spiro atoms. The van der Waals surface area contributed by atoms with E-state index in [1.165, 1.54) is 12.1 Å². The third-order valence-electron chi connectivity index (χ3n) is 3.73. The molecule has 1 N–H and O–H groups in total. The molecule has 0 saturated carbocycles. The lowest BCUT2D eigenvalue weighted by Crippen LogP contribution is -2.30. The lowest BCUT2D eigenvalue weighted by Gasteiger charge is -2.20. The average molecular weight is 384 g/mol. The Bertz CT molecular complexity index is 834. The first kappa shape index (κ1) is 16.4. The van der Waals surface area contributed by atoms with Crippen LogP contribution in [0.25, 0.3) is 0 Å². The summed E-state index contributed by atoms with van der Waals surface area (Å²) in [6, 6.07) is 22.9. The van der Waals surface area contributed by atoms with Crippen LogP contribution in [0.3, 0.4) is 0 Å². The highest BCUT2D eigenvalue weighted by atomic mass is 79.9. The molecule has 0 aliphatic carbocycles. The third kappa shape index (κ3) is 3.71. The van der Waals surface area contributed by atoms with E-state index in [1.54, 1.807) is 12.1 Å². The van der Waals surface area contributed by atoms with Gasteiger partial charge in [-0.25, -0.2) is 4.39 Å². The molecule has 0 aliphatic heterocycles. The van der Waals surface area contributed by atoms with Gasteiger partial charge in [0.15, 0.2) is 0 Å². The van der Waals surface area contributed by atoms with Gasteiger partial charge in [-0.05, 0) is 35.4 Å². The van der Waals surface area contributed by atoms with Gasteiger partial charge in [-0.1, -0.05) is 70.5 Å². The molecule has 0 aromatic heterocycles. The Morgan fingerprint density at radius 2 is 1.42 bits per heavy atom. The molecule has 0 heterocycles.